The SMILES string of the molecule is CN1CC2(CCCN(CC3CC3)C2)c2cc(C(=O)NCCc3ccccn3)ccc21. The number of likely N-dealkylation sites (N-methyl/N-ethyl adjacent to an activating group) is 1. The number of amides is 1. The summed E-state index contributed by atoms with van der Waals surface area (Å²) in [6.07, 6.45) is 7.83. The van der Waals surface area contributed by atoms with E-state index in [1.165, 1.54) is 50.0 Å². The molecule has 5 nitrogen and oxygen atoms in total. The lowest BCUT2D eigenvalue weighted by Gasteiger charge is -2.41. The van der Waals surface area contributed by atoms with E-state index in [4.69, 9.17) is 0 Å². The maximum atomic E-state index is 12.9. The first-order valence-electron chi connectivity index (χ1n) is 11.4. The molecule has 30 heavy (non-hydrogen) atoms. The quantitative estimate of drug-likeness (QED) is 0.803. The van der Waals surface area contributed by atoms with E-state index in [0.717, 1.165) is 36.7 Å². The summed E-state index contributed by atoms with van der Waals surface area (Å²) in [7, 11) is 2.19. The average Bonchev–Trinajstić information content (AvgIpc) is 3.54. The first-order valence-corrected chi connectivity index (χ1v) is 11.4. The molecule has 1 aliphatic carbocycles. The van der Waals surface area contributed by atoms with Crippen LogP contribution >= 0.6 is 0 Å². The van der Waals surface area contributed by atoms with Crippen molar-refractivity contribution in [1.29, 1.82) is 0 Å². The number of aromatic nitrogens is 1. The van der Waals surface area contributed by atoms with E-state index in [1.807, 2.05) is 24.3 Å². The van der Waals surface area contributed by atoms with Crippen molar-refractivity contribution in [2.75, 3.05) is 44.7 Å². The van der Waals surface area contributed by atoms with Crippen LogP contribution in [-0.2, 0) is 11.8 Å². The third kappa shape index (κ3) is 3.95. The van der Waals surface area contributed by atoms with Crippen molar-refractivity contribution >= 4 is 11.6 Å². The number of likely N-dealkylation sites (tertiary alicyclic amines) is 1. The molecule has 1 aromatic carbocycles. The van der Waals surface area contributed by atoms with Gasteiger partial charge in [0.25, 0.3) is 5.91 Å². The van der Waals surface area contributed by atoms with Crippen molar-refractivity contribution in [3.05, 3.63) is 59.4 Å². The zero-order chi connectivity index (χ0) is 20.6. The summed E-state index contributed by atoms with van der Waals surface area (Å²) in [6.45, 7) is 5.28. The Labute approximate surface area is 179 Å². The summed E-state index contributed by atoms with van der Waals surface area (Å²) in [5, 5.41) is 3.08. The molecule has 2 aliphatic heterocycles. The molecule has 0 radical (unpaired) electrons. The lowest BCUT2D eigenvalue weighted by Crippen LogP contribution is -2.48. The Bertz CT molecular complexity index is 911. The first-order chi connectivity index (χ1) is 14.6. The molecule has 1 atom stereocenters. The van der Waals surface area contributed by atoms with E-state index < -0.39 is 0 Å². The van der Waals surface area contributed by atoms with Gasteiger partial charge >= 0.3 is 0 Å². The monoisotopic (exact) mass is 404 g/mol. The molecule has 5 rings (SSSR count). The van der Waals surface area contributed by atoms with Gasteiger partial charge in [0.1, 0.15) is 0 Å². The number of piperidine rings is 1. The lowest BCUT2D eigenvalue weighted by molar-refractivity contribution is 0.0953. The summed E-state index contributed by atoms with van der Waals surface area (Å²) < 4.78 is 0. The minimum Gasteiger partial charge on any atom is -0.373 e. The Morgan fingerprint density at radius 3 is 2.93 bits per heavy atom. The van der Waals surface area contributed by atoms with Crippen LogP contribution in [0, 0.1) is 5.92 Å². The van der Waals surface area contributed by atoms with Crippen LogP contribution in [0.4, 0.5) is 5.69 Å². The summed E-state index contributed by atoms with van der Waals surface area (Å²) in [5.74, 6) is 0.944. The van der Waals surface area contributed by atoms with Crippen LogP contribution in [-0.4, -0.2) is 55.6 Å². The third-order valence-electron chi connectivity index (χ3n) is 7.04. The molecule has 1 amide bonds. The molecule has 1 unspecified atom stereocenters. The Kier molecular flexibility index (Phi) is 5.23. The Morgan fingerprint density at radius 2 is 2.13 bits per heavy atom. The van der Waals surface area contributed by atoms with Gasteiger partial charge in [-0.2, -0.15) is 0 Å². The molecular weight excluding hydrogens is 372 g/mol. The van der Waals surface area contributed by atoms with Gasteiger partial charge in [0.2, 0.25) is 0 Å². The maximum absolute atomic E-state index is 12.9. The Balaban J connectivity index is 1.30. The first kappa shape index (κ1) is 19.6. The van der Waals surface area contributed by atoms with E-state index >= 15 is 0 Å². The minimum atomic E-state index is 0.0177. The topological polar surface area (TPSA) is 48.5 Å². The van der Waals surface area contributed by atoms with Crippen molar-refractivity contribution in [2.24, 2.45) is 5.92 Å². The van der Waals surface area contributed by atoms with Gasteiger partial charge in [0, 0.05) is 68.2 Å². The number of nitrogens with zero attached hydrogens (tertiary/aromatic N) is 3. The molecule has 2 aromatic rings. The number of pyridine rings is 1. The van der Waals surface area contributed by atoms with Crippen LogP contribution in [0.2, 0.25) is 0 Å². The second-order valence-corrected chi connectivity index (χ2v) is 9.48. The highest BCUT2D eigenvalue weighted by molar-refractivity contribution is 5.95. The molecule has 3 heterocycles. The Hall–Kier alpha value is -2.40. The fourth-order valence-electron chi connectivity index (χ4n) is 5.41. The molecule has 1 spiro atoms. The summed E-state index contributed by atoms with van der Waals surface area (Å²) >= 11 is 0. The highest BCUT2D eigenvalue weighted by atomic mass is 16.1. The number of hydrogen-bond donors (Lipinski definition) is 1. The molecular formula is C25H32N4O. The van der Waals surface area contributed by atoms with Gasteiger partial charge in [0.05, 0.1) is 0 Å². The van der Waals surface area contributed by atoms with E-state index in [9.17, 15) is 4.79 Å². The van der Waals surface area contributed by atoms with E-state index in [0.29, 0.717) is 6.54 Å². The molecule has 1 saturated carbocycles. The normalized spacial score (nSPS) is 23.6. The number of nitrogens with one attached hydrogen (secondary N) is 1. The number of benzene rings is 1. The van der Waals surface area contributed by atoms with Gasteiger partial charge < -0.3 is 15.1 Å². The number of fused-ring (bicyclic) bond motifs is 2. The maximum Gasteiger partial charge on any atom is 0.251 e. The predicted octanol–water partition coefficient (Wildman–Crippen LogP) is 3.25. The van der Waals surface area contributed by atoms with E-state index in [1.54, 1.807) is 6.20 Å². The number of hydrogen-bond acceptors (Lipinski definition) is 4. The molecule has 3 aliphatic rings. The van der Waals surface area contributed by atoms with Crippen molar-refractivity contribution in [3.8, 4) is 0 Å². The van der Waals surface area contributed by atoms with Crippen LogP contribution in [0.3, 0.4) is 0 Å². The van der Waals surface area contributed by atoms with Crippen molar-refractivity contribution in [1.82, 2.24) is 15.2 Å². The van der Waals surface area contributed by atoms with Crippen LogP contribution in [0.1, 0.15) is 47.3 Å². The molecule has 5 heteroatoms. The average molecular weight is 405 g/mol. The van der Waals surface area contributed by atoms with Crippen molar-refractivity contribution in [2.45, 2.75) is 37.5 Å². The van der Waals surface area contributed by atoms with Gasteiger partial charge in [-0.05, 0) is 74.0 Å². The van der Waals surface area contributed by atoms with Crippen LogP contribution in [0.5, 0.6) is 0 Å². The molecule has 1 saturated heterocycles. The molecule has 1 N–H and O–H groups in total. The van der Waals surface area contributed by atoms with Gasteiger partial charge in [-0.25, -0.2) is 0 Å². The van der Waals surface area contributed by atoms with Crippen molar-refractivity contribution < 1.29 is 4.79 Å². The summed E-state index contributed by atoms with van der Waals surface area (Å²) in [6, 6.07) is 12.2. The fraction of sp³-hybridized carbons (Fsp3) is 0.520. The number of rotatable bonds is 6. The lowest BCUT2D eigenvalue weighted by atomic mass is 9.75. The second kappa shape index (κ2) is 8.03. The highest BCUT2D eigenvalue weighted by Crippen LogP contribution is 2.46. The van der Waals surface area contributed by atoms with Crippen LogP contribution in [0.15, 0.2) is 42.6 Å². The van der Waals surface area contributed by atoms with Gasteiger partial charge in [-0.3, -0.25) is 9.78 Å². The Morgan fingerprint density at radius 1 is 1.23 bits per heavy atom. The fourth-order valence-corrected chi connectivity index (χ4v) is 5.41. The molecule has 1 aromatic heterocycles. The third-order valence-corrected chi connectivity index (χ3v) is 7.04. The second-order valence-electron chi connectivity index (χ2n) is 9.48. The van der Waals surface area contributed by atoms with E-state index in [2.05, 4.69) is 39.3 Å². The van der Waals surface area contributed by atoms with E-state index in [-0.39, 0.29) is 11.3 Å². The van der Waals surface area contributed by atoms with Gasteiger partial charge in [0.15, 0.2) is 0 Å². The number of anilines is 1. The number of carbonyl (C=O) groups excluding carboxylic acids is 1. The summed E-state index contributed by atoms with van der Waals surface area (Å²) in [4.78, 5) is 22.3. The number of carbonyl (C=O) groups is 1. The summed E-state index contributed by atoms with van der Waals surface area (Å²) in [5.41, 5.74) is 4.63. The van der Waals surface area contributed by atoms with Crippen molar-refractivity contribution in [3.63, 3.8) is 0 Å². The zero-order valence-electron chi connectivity index (χ0n) is 17.9. The predicted molar refractivity (Wildman–Crippen MR) is 120 cm³/mol. The zero-order valence-corrected chi connectivity index (χ0v) is 17.9. The van der Waals surface area contributed by atoms with Gasteiger partial charge in [-0.15, -0.1) is 0 Å². The smallest absolute Gasteiger partial charge is 0.251 e. The molecule has 0 bridgehead atoms. The van der Waals surface area contributed by atoms with Crippen LogP contribution < -0.4 is 10.2 Å². The molecule has 158 valence electrons. The van der Waals surface area contributed by atoms with Gasteiger partial charge in [-0.1, -0.05) is 6.07 Å². The molecule has 2 fully saturated rings. The standard InChI is InChI=1S/C25H32N4O/c1-28-17-25(11-4-14-29(18-25)16-19-6-7-19)22-15-20(8-9-23(22)28)24(30)27-13-10-21-5-2-3-12-26-21/h2-3,5,8-9,12,15,19H,4,6-7,10-11,13-14,16-18H2,1H3,(H,27,30). The highest BCUT2D eigenvalue weighted by Gasteiger charge is 2.45. The minimum absolute atomic E-state index is 0.0177. The van der Waals surface area contributed by atoms with Crippen LogP contribution in [0.25, 0.3) is 0 Å². The largest absolute Gasteiger partial charge is 0.373 e.